The van der Waals surface area contributed by atoms with Crippen LogP contribution < -0.4 is 0 Å². The van der Waals surface area contributed by atoms with Gasteiger partial charge in [-0.3, -0.25) is 0 Å². The smallest absolute Gasteiger partial charge is 0.337 e. The van der Waals surface area contributed by atoms with Gasteiger partial charge >= 0.3 is 5.97 Å². The van der Waals surface area contributed by atoms with Gasteiger partial charge in [0.25, 0.3) is 0 Å². The van der Waals surface area contributed by atoms with Gasteiger partial charge in [-0.15, -0.1) is 0 Å². The number of carbonyl (C=O) groups excluding carboxylic acids is 1. The fourth-order valence-corrected chi connectivity index (χ4v) is 3.20. The summed E-state index contributed by atoms with van der Waals surface area (Å²) in [5.74, 6) is -0.279. The predicted octanol–water partition coefficient (Wildman–Crippen LogP) is 3.65. The lowest BCUT2D eigenvalue weighted by Crippen LogP contribution is -2.34. The van der Waals surface area contributed by atoms with E-state index < -0.39 is 5.97 Å². The zero-order valence-corrected chi connectivity index (χ0v) is 12.1. The van der Waals surface area contributed by atoms with Crippen LogP contribution in [-0.2, 0) is 10.2 Å². The van der Waals surface area contributed by atoms with Crippen LogP contribution in [0.3, 0.4) is 0 Å². The lowest BCUT2D eigenvalue weighted by atomic mass is 9.65. The van der Waals surface area contributed by atoms with Gasteiger partial charge in [0.05, 0.1) is 12.7 Å². The van der Waals surface area contributed by atoms with E-state index in [0.717, 1.165) is 18.4 Å². The quantitative estimate of drug-likeness (QED) is 0.828. The lowest BCUT2D eigenvalue weighted by molar-refractivity contribution is 0.0599. The number of carbonyl (C=O) groups is 1. The van der Waals surface area contributed by atoms with Gasteiger partial charge in [0.1, 0.15) is 5.75 Å². The molecule has 1 aromatic rings. The van der Waals surface area contributed by atoms with Crippen LogP contribution in [0.1, 0.15) is 56.0 Å². The molecule has 1 aliphatic rings. The molecule has 0 bridgehead atoms. The molecule has 0 spiro atoms. The fourth-order valence-electron chi connectivity index (χ4n) is 3.20. The van der Waals surface area contributed by atoms with E-state index in [2.05, 4.69) is 20.8 Å². The number of hydrogen-bond acceptors (Lipinski definition) is 3. The number of methoxy groups -OCH3 is 1. The third-order valence-corrected chi connectivity index (χ3v) is 4.95. The van der Waals surface area contributed by atoms with Crippen LogP contribution in [0.4, 0.5) is 0 Å². The number of rotatable bonds is 2. The molecule has 1 aliphatic carbocycles. The first kappa shape index (κ1) is 13.9. The zero-order valence-electron chi connectivity index (χ0n) is 12.1. The summed E-state index contributed by atoms with van der Waals surface area (Å²) in [4.78, 5) is 11.7. The molecule has 0 amide bonds. The van der Waals surface area contributed by atoms with Crippen LogP contribution in [0.5, 0.6) is 5.75 Å². The molecule has 1 N–H and O–H groups in total. The number of hydrogen-bond donors (Lipinski definition) is 1. The zero-order chi connectivity index (χ0) is 14.3. The van der Waals surface area contributed by atoms with Crippen LogP contribution in [0.15, 0.2) is 18.2 Å². The summed E-state index contributed by atoms with van der Waals surface area (Å²) >= 11 is 0. The standard InChI is InChI=1S/C16H22O3/c1-15(2)6-5-7-16(15,3)12-8-11(14(18)19-4)9-13(17)10-12/h8-10,17H,5-7H2,1-4H3/t16-/m1/s1. The SMILES string of the molecule is COC(=O)c1cc(O)cc([C@@]2(C)CCCC2(C)C)c1. The molecular weight excluding hydrogens is 240 g/mol. The second-order valence-corrected chi connectivity index (χ2v) is 6.33. The van der Waals surface area contributed by atoms with Crippen molar-refractivity contribution in [2.45, 2.75) is 45.4 Å². The molecule has 0 aliphatic heterocycles. The first-order valence-electron chi connectivity index (χ1n) is 6.73. The van der Waals surface area contributed by atoms with Crippen molar-refractivity contribution in [3.8, 4) is 5.75 Å². The molecule has 1 aromatic carbocycles. The van der Waals surface area contributed by atoms with Gasteiger partial charge in [-0.2, -0.15) is 0 Å². The molecule has 3 nitrogen and oxygen atoms in total. The topological polar surface area (TPSA) is 46.5 Å². The van der Waals surface area contributed by atoms with E-state index in [9.17, 15) is 9.90 Å². The second-order valence-electron chi connectivity index (χ2n) is 6.33. The number of ether oxygens (including phenoxy) is 1. The maximum atomic E-state index is 11.7. The summed E-state index contributed by atoms with van der Waals surface area (Å²) in [5, 5.41) is 9.88. The Kier molecular flexibility index (Phi) is 3.33. The summed E-state index contributed by atoms with van der Waals surface area (Å²) in [6.45, 7) is 6.72. The van der Waals surface area contributed by atoms with Gasteiger partial charge < -0.3 is 9.84 Å². The van der Waals surface area contributed by atoms with E-state index >= 15 is 0 Å². The molecule has 104 valence electrons. The number of phenols is 1. The molecule has 3 heteroatoms. The van der Waals surface area contributed by atoms with E-state index in [1.54, 1.807) is 6.07 Å². The van der Waals surface area contributed by atoms with Crippen LogP contribution in [0, 0.1) is 5.41 Å². The van der Waals surface area contributed by atoms with Crippen LogP contribution >= 0.6 is 0 Å². The monoisotopic (exact) mass is 262 g/mol. The van der Waals surface area contributed by atoms with E-state index in [4.69, 9.17) is 4.74 Å². The Hall–Kier alpha value is -1.51. The van der Waals surface area contributed by atoms with Crippen molar-refractivity contribution in [1.29, 1.82) is 0 Å². The highest BCUT2D eigenvalue weighted by molar-refractivity contribution is 5.90. The normalized spacial score (nSPS) is 25.3. The molecule has 19 heavy (non-hydrogen) atoms. The molecular formula is C16H22O3. The first-order valence-corrected chi connectivity index (χ1v) is 6.73. The Morgan fingerprint density at radius 1 is 1.21 bits per heavy atom. The van der Waals surface area contributed by atoms with Crippen molar-refractivity contribution in [1.82, 2.24) is 0 Å². The molecule has 0 saturated heterocycles. The third-order valence-electron chi connectivity index (χ3n) is 4.95. The lowest BCUT2D eigenvalue weighted by Gasteiger charge is -2.39. The third kappa shape index (κ3) is 2.22. The molecule has 1 fully saturated rings. The van der Waals surface area contributed by atoms with E-state index in [-0.39, 0.29) is 16.6 Å². The summed E-state index contributed by atoms with van der Waals surface area (Å²) in [6, 6.07) is 5.10. The highest BCUT2D eigenvalue weighted by Gasteiger charge is 2.46. The van der Waals surface area contributed by atoms with E-state index in [0.29, 0.717) is 5.56 Å². The van der Waals surface area contributed by atoms with Gasteiger partial charge in [-0.1, -0.05) is 27.2 Å². The van der Waals surface area contributed by atoms with Crippen molar-refractivity contribution >= 4 is 5.97 Å². The summed E-state index contributed by atoms with van der Waals surface area (Å²) in [5.41, 5.74) is 1.58. The summed E-state index contributed by atoms with van der Waals surface area (Å²) in [7, 11) is 1.35. The van der Waals surface area contributed by atoms with E-state index in [1.807, 2.05) is 6.07 Å². The van der Waals surface area contributed by atoms with Crippen molar-refractivity contribution < 1.29 is 14.6 Å². The fraction of sp³-hybridized carbons (Fsp3) is 0.562. The van der Waals surface area contributed by atoms with Crippen LogP contribution in [0.25, 0.3) is 0 Å². The van der Waals surface area contributed by atoms with Crippen LogP contribution in [-0.4, -0.2) is 18.2 Å². The highest BCUT2D eigenvalue weighted by atomic mass is 16.5. The number of phenolic OH excluding ortho intramolecular Hbond substituents is 1. The number of benzene rings is 1. The Bertz CT molecular complexity index is 505. The van der Waals surface area contributed by atoms with Gasteiger partial charge in [0, 0.05) is 0 Å². The highest BCUT2D eigenvalue weighted by Crippen LogP contribution is 2.54. The number of esters is 1. The predicted molar refractivity (Wildman–Crippen MR) is 74.4 cm³/mol. The van der Waals surface area contributed by atoms with Gasteiger partial charge in [0.15, 0.2) is 0 Å². The largest absolute Gasteiger partial charge is 0.508 e. The second kappa shape index (κ2) is 4.55. The Labute approximate surface area is 114 Å². The van der Waals surface area contributed by atoms with Crippen molar-refractivity contribution in [3.05, 3.63) is 29.3 Å². The minimum Gasteiger partial charge on any atom is -0.508 e. The minimum absolute atomic E-state index is 0.0193. The van der Waals surface area contributed by atoms with Crippen molar-refractivity contribution in [2.75, 3.05) is 7.11 Å². The molecule has 2 rings (SSSR count). The first-order chi connectivity index (χ1) is 8.80. The molecule has 0 heterocycles. The minimum atomic E-state index is -0.406. The summed E-state index contributed by atoms with van der Waals surface area (Å²) < 4.78 is 4.74. The molecule has 0 unspecified atom stereocenters. The average Bonchev–Trinajstić information content (AvgIpc) is 2.63. The molecule has 1 atom stereocenters. The Morgan fingerprint density at radius 3 is 2.42 bits per heavy atom. The molecule has 0 radical (unpaired) electrons. The van der Waals surface area contributed by atoms with E-state index in [1.165, 1.54) is 19.6 Å². The maximum Gasteiger partial charge on any atom is 0.337 e. The van der Waals surface area contributed by atoms with Crippen molar-refractivity contribution in [3.63, 3.8) is 0 Å². The van der Waals surface area contributed by atoms with Gasteiger partial charge in [-0.25, -0.2) is 4.79 Å². The molecule has 0 aromatic heterocycles. The van der Waals surface area contributed by atoms with Crippen LogP contribution in [0.2, 0.25) is 0 Å². The molecule has 1 saturated carbocycles. The number of aromatic hydroxyl groups is 1. The Morgan fingerprint density at radius 2 is 1.89 bits per heavy atom. The van der Waals surface area contributed by atoms with Crippen molar-refractivity contribution in [2.24, 2.45) is 5.41 Å². The van der Waals surface area contributed by atoms with Gasteiger partial charge in [-0.05, 0) is 47.4 Å². The van der Waals surface area contributed by atoms with Gasteiger partial charge in [0.2, 0.25) is 0 Å². The Balaban J connectivity index is 2.51. The average molecular weight is 262 g/mol. The maximum absolute atomic E-state index is 11.7. The summed E-state index contributed by atoms with van der Waals surface area (Å²) in [6.07, 6.45) is 3.41.